The van der Waals surface area contributed by atoms with Gasteiger partial charge in [-0.15, -0.1) is 0 Å². The third-order valence-corrected chi connectivity index (χ3v) is 7.25. The highest BCUT2D eigenvalue weighted by molar-refractivity contribution is 5.03. The molecule has 2 nitrogen and oxygen atoms in total. The summed E-state index contributed by atoms with van der Waals surface area (Å²) in [5.41, 5.74) is 0.641. The van der Waals surface area contributed by atoms with Gasteiger partial charge in [0.1, 0.15) is 0 Å². The van der Waals surface area contributed by atoms with Gasteiger partial charge in [-0.1, -0.05) is 46.0 Å². The molecule has 22 heavy (non-hydrogen) atoms. The van der Waals surface area contributed by atoms with Crippen LogP contribution in [-0.4, -0.2) is 25.7 Å². The SMILES string of the molecule is CC1(C)[C@H]2CCC(CNCCNC3CCCCCCC3)[C@@H]1C2. The molecular weight excluding hydrogens is 268 g/mol. The Morgan fingerprint density at radius 2 is 1.59 bits per heavy atom. The van der Waals surface area contributed by atoms with Gasteiger partial charge in [-0.2, -0.15) is 0 Å². The van der Waals surface area contributed by atoms with Gasteiger partial charge in [-0.05, 0) is 61.8 Å². The first-order valence-electron chi connectivity index (χ1n) is 10.1. The predicted octanol–water partition coefficient (Wildman–Crippen LogP) is 4.35. The molecule has 128 valence electrons. The molecule has 4 rings (SSSR count). The molecule has 2 bridgehead atoms. The van der Waals surface area contributed by atoms with Crippen LogP contribution in [-0.2, 0) is 0 Å². The molecule has 2 heteroatoms. The van der Waals surface area contributed by atoms with Crippen LogP contribution in [0.25, 0.3) is 0 Å². The van der Waals surface area contributed by atoms with Crippen molar-refractivity contribution >= 4 is 0 Å². The van der Waals surface area contributed by atoms with Gasteiger partial charge in [0.2, 0.25) is 0 Å². The minimum absolute atomic E-state index is 0.641. The van der Waals surface area contributed by atoms with E-state index in [9.17, 15) is 0 Å². The molecule has 0 saturated heterocycles. The number of hydrogen-bond acceptors (Lipinski definition) is 2. The summed E-state index contributed by atoms with van der Waals surface area (Å²) in [5.74, 6) is 2.98. The Morgan fingerprint density at radius 1 is 0.864 bits per heavy atom. The summed E-state index contributed by atoms with van der Waals surface area (Å²) in [6, 6.07) is 0.795. The molecule has 0 aliphatic heterocycles. The fourth-order valence-electron chi connectivity index (χ4n) is 5.52. The molecule has 0 amide bonds. The van der Waals surface area contributed by atoms with Crippen LogP contribution >= 0.6 is 0 Å². The van der Waals surface area contributed by atoms with Crippen LogP contribution in [0.15, 0.2) is 0 Å². The van der Waals surface area contributed by atoms with Crippen molar-refractivity contribution in [2.24, 2.45) is 23.2 Å². The average molecular weight is 307 g/mol. The summed E-state index contributed by atoms with van der Waals surface area (Å²) in [6.07, 6.45) is 14.5. The first-order valence-corrected chi connectivity index (χ1v) is 10.1. The molecule has 2 N–H and O–H groups in total. The third-order valence-electron chi connectivity index (χ3n) is 7.25. The highest BCUT2D eigenvalue weighted by atomic mass is 15.0. The van der Waals surface area contributed by atoms with Crippen molar-refractivity contribution in [1.29, 1.82) is 0 Å². The van der Waals surface area contributed by atoms with Gasteiger partial charge in [0.15, 0.2) is 0 Å². The molecule has 3 atom stereocenters. The maximum Gasteiger partial charge on any atom is 0.00793 e. The molecule has 0 aromatic heterocycles. The second kappa shape index (κ2) is 7.66. The lowest BCUT2D eigenvalue weighted by Crippen LogP contribution is -2.54. The minimum Gasteiger partial charge on any atom is -0.315 e. The van der Waals surface area contributed by atoms with Gasteiger partial charge in [0.05, 0.1) is 0 Å². The smallest absolute Gasteiger partial charge is 0.00793 e. The normalized spacial score (nSPS) is 35.5. The van der Waals surface area contributed by atoms with Gasteiger partial charge in [-0.3, -0.25) is 0 Å². The zero-order chi connectivity index (χ0) is 15.4. The van der Waals surface area contributed by atoms with Gasteiger partial charge in [0.25, 0.3) is 0 Å². The van der Waals surface area contributed by atoms with Crippen LogP contribution in [0.4, 0.5) is 0 Å². The Hall–Kier alpha value is -0.0800. The summed E-state index contributed by atoms with van der Waals surface area (Å²) >= 11 is 0. The van der Waals surface area contributed by atoms with Crippen LogP contribution in [0.3, 0.4) is 0 Å². The number of fused-ring (bicyclic) bond motifs is 2. The zero-order valence-electron chi connectivity index (χ0n) is 15.0. The lowest BCUT2D eigenvalue weighted by Gasteiger charge is -2.60. The largest absolute Gasteiger partial charge is 0.315 e. The first kappa shape index (κ1) is 16.8. The van der Waals surface area contributed by atoms with E-state index in [0.717, 1.165) is 36.9 Å². The summed E-state index contributed by atoms with van der Waals surface area (Å²) in [6.45, 7) is 8.59. The van der Waals surface area contributed by atoms with Crippen molar-refractivity contribution in [3.8, 4) is 0 Å². The van der Waals surface area contributed by atoms with E-state index in [1.54, 1.807) is 0 Å². The molecular formula is C20H38N2. The lowest BCUT2D eigenvalue weighted by molar-refractivity contribution is -0.103. The number of hydrogen-bond donors (Lipinski definition) is 2. The molecule has 0 aromatic carbocycles. The molecule has 0 aromatic rings. The Balaban J connectivity index is 1.27. The van der Waals surface area contributed by atoms with Crippen molar-refractivity contribution in [3.05, 3.63) is 0 Å². The third kappa shape index (κ3) is 3.87. The van der Waals surface area contributed by atoms with E-state index in [-0.39, 0.29) is 0 Å². The average Bonchev–Trinajstić information content (AvgIpc) is 2.48. The Labute approximate surface area is 138 Å². The Kier molecular flexibility index (Phi) is 5.84. The molecule has 4 aliphatic rings. The number of rotatable bonds is 6. The van der Waals surface area contributed by atoms with Crippen LogP contribution in [0.2, 0.25) is 0 Å². The Morgan fingerprint density at radius 3 is 2.27 bits per heavy atom. The van der Waals surface area contributed by atoms with E-state index in [0.29, 0.717) is 5.41 Å². The minimum atomic E-state index is 0.641. The van der Waals surface area contributed by atoms with Crippen molar-refractivity contribution in [2.75, 3.05) is 19.6 Å². The molecule has 0 radical (unpaired) electrons. The maximum absolute atomic E-state index is 3.80. The highest BCUT2D eigenvalue weighted by Gasteiger charge is 2.53. The fourth-order valence-corrected chi connectivity index (χ4v) is 5.52. The van der Waals surface area contributed by atoms with E-state index in [1.807, 2.05) is 0 Å². The van der Waals surface area contributed by atoms with Gasteiger partial charge >= 0.3 is 0 Å². The highest BCUT2D eigenvalue weighted by Crippen LogP contribution is 2.61. The molecule has 4 fully saturated rings. The first-order chi connectivity index (χ1) is 10.7. The van der Waals surface area contributed by atoms with E-state index < -0.39 is 0 Å². The molecule has 1 unspecified atom stereocenters. The molecule has 0 heterocycles. The molecule has 4 aliphatic carbocycles. The standard InChI is InChI=1S/C20H38N2/c1-20(2)17-11-10-16(19(20)14-17)15-21-12-13-22-18-8-6-4-3-5-7-9-18/h16-19,21-22H,3-15H2,1-2H3/t16?,17-,19-/m0/s1. The van der Waals surface area contributed by atoms with Crippen LogP contribution in [0.5, 0.6) is 0 Å². The summed E-state index contributed by atoms with van der Waals surface area (Å²) in [7, 11) is 0. The topological polar surface area (TPSA) is 24.1 Å². The van der Waals surface area contributed by atoms with Gasteiger partial charge < -0.3 is 10.6 Å². The fraction of sp³-hybridized carbons (Fsp3) is 1.00. The van der Waals surface area contributed by atoms with Crippen molar-refractivity contribution in [1.82, 2.24) is 10.6 Å². The maximum atomic E-state index is 3.80. The van der Waals surface area contributed by atoms with Gasteiger partial charge in [-0.25, -0.2) is 0 Å². The van der Waals surface area contributed by atoms with Crippen molar-refractivity contribution in [2.45, 2.75) is 84.1 Å². The second-order valence-electron chi connectivity index (χ2n) is 8.90. The van der Waals surface area contributed by atoms with Crippen molar-refractivity contribution in [3.63, 3.8) is 0 Å². The predicted molar refractivity (Wildman–Crippen MR) is 95.1 cm³/mol. The van der Waals surface area contributed by atoms with Crippen molar-refractivity contribution < 1.29 is 0 Å². The summed E-state index contributed by atoms with van der Waals surface area (Å²) in [5, 5.41) is 7.55. The Bertz CT molecular complexity index is 329. The number of nitrogens with one attached hydrogen (secondary N) is 2. The lowest BCUT2D eigenvalue weighted by atomic mass is 9.45. The van der Waals surface area contributed by atoms with E-state index in [4.69, 9.17) is 0 Å². The van der Waals surface area contributed by atoms with Gasteiger partial charge in [0, 0.05) is 19.1 Å². The van der Waals surface area contributed by atoms with E-state index >= 15 is 0 Å². The monoisotopic (exact) mass is 306 g/mol. The zero-order valence-corrected chi connectivity index (χ0v) is 15.0. The summed E-state index contributed by atoms with van der Waals surface area (Å²) in [4.78, 5) is 0. The molecule has 4 saturated carbocycles. The van der Waals surface area contributed by atoms with Crippen LogP contribution < -0.4 is 10.6 Å². The summed E-state index contributed by atoms with van der Waals surface area (Å²) < 4.78 is 0. The second-order valence-corrected chi connectivity index (χ2v) is 8.90. The molecule has 0 spiro atoms. The van der Waals surface area contributed by atoms with Crippen LogP contribution in [0.1, 0.15) is 78.1 Å². The van der Waals surface area contributed by atoms with Crippen LogP contribution in [0, 0.1) is 23.2 Å². The quantitative estimate of drug-likeness (QED) is 0.713. The van der Waals surface area contributed by atoms with E-state index in [2.05, 4.69) is 24.5 Å². The van der Waals surface area contributed by atoms with E-state index in [1.165, 1.54) is 70.8 Å².